The Hall–Kier alpha value is -4.96. The second-order valence-electron chi connectivity index (χ2n) is 18.9. The molecule has 6 atom stereocenters. The molecular formula is C44H55ClN6O9S. The number of halogens is 1. The van der Waals surface area contributed by atoms with Crippen molar-refractivity contribution in [2.45, 2.75) is 128 Å². The fraction of sp³-hybridized carbons (Fsp3) is 0.545. The Morgan fingerprint density at radius 2 is 1.74 bits per heavy atom. The summed E-state index contributed by atoms with van der Waals surface area (Å²) < 4.78 is 46.3. The number of benzene rings is 1. The van der Waals surface area contributed by atoms with Crippen LogP contribution in [0.15, 0.2) is 49.1 Å². The van der Waals surface area contributed by atoms with Crippen LogP contribution in [0.25, 0.3) is 22.3 Å². The van der Waals surface area contributed by atoms with Crippen LogP contribution in [-0.4, -0.2) is 106 Å². The van der Waals surface area contributed by atoms with Crippen molar-refractivity contribution >= 4 is 56.3 Å². The van der Waals surface area contributed by atoms with Gasteiger partial charge < -0.3 is 24.4 Å². The highest BCUT2D eigenvalue weighted by molar-refractivity contribution is 7.91. The van der Waals surface area contributed by atoms with E-state index >= 15 is 4.79 Å². The van der Waals surface area contributed by atoms with E-state index in [1.165, 1.54) is 23.0 Å². The van der Waals surface area contributed by atoms with Crippen LogP contribution in [-0.2, 0) is 29.1 Å². The average molecular weight is 879 g/mol. The number of aromatic nitrogens is 2. The lowest BCUT2D eigenvalue weighted by molar-refractivity contribution is -0.155. The maximum Gasteiger partial charge on any atom is 0.411 e. The molecule has 0 spiro atoms. The minimum atomic E-state index is -3.94. The number of carbonyl (C=O) groups excluding carboxylic acids is 4. The number of hydrogen-bond acceptors (Lipinski definition) is 11. The first-order valence-electron chi connectivity index (χ1n) is 20.6. The van der Waals surface area contributed by atoms with E-state index in [1.54, 1.807) is 39.0 Å². The molecule has 15 nitrogen and oxygen atoms in total. The van der Waals surface area contributed by atoms with Crippen LogP contribution in [0.2, 0.25) is 5.02 Å². The Morgan fingerprint density at radius 3 is 2.33 bits per heavy atom. The summed E-state index contributed by atoms with van der Waals surface area (Å²) in [7, 11) is -2.44. The number of piperazine rings is 1. The van der Waals surface area contributed by atoms with Crippen molar-refractivity contribution < 1.29 is 41.8 Å². The molecule has 4 fully saturated rings. The molecule has 17 heteroatoms. The van der Waals surface area contributed by atoms with E-state index in [0.29, 0.717) is 46.6 Å². The molecule has 1 aromatic carbocycles. The predicted octanol–water partition coefficient (Wildman–Crippen LogP) is 6.13. The summed E-state index contributed by atoms with van der Waals surface area (Å²) in [5.41, 5.74) is -1.06. The van der Waals surface area contributed by atoms with Crippen molar-refractivity contribution in [3.05, 3.63) is 59.8 Å². The topological polar surface area (TPSA) is 186 Å². The van der Waals surface area contributed by atoms with Crippen LogP contribution in [0.5, 0.6) is 11.5 Å². The van der Waals surface area contributed by atoms with Gasteiger partial charge in [0.05, 0.1) is 35.3 Å². The highest BCUT2D eigenvalue weighted by Gasteiger charge is 2.64. The summed E-state index contributed by atoms with van der Waals surface area (Å²) in [5, 5.41) is 2.95. The highest BCUT2D eigenvalue weighted by atomic mass is 35.5. The van der Waals surface area contributed by atoms with Gasteiger partial charge in [0, 0.05) is 36.0 Å². The molecule has 0 unspecified atom stereocenters. The highest BCUT2D eigenvalue weighted by Crippen LogP contribution is 2.47. The fourth-order valence-electron chi connectivity index (χ4n) is 8.40. The lowest BCUT2D eigenvalue weighted by atomic mass is 9.82. The van der Waals surface area contributed by atoms with Crippen LogP contribution in [0.3, 0.4) is 0 Å². The summed E-state index contributed by atoms with van der Waals surface area (Å²) in [6.07, 6.45) is 0.857. The zero-order chi connectivity index (χ0) is 44.6. The van der Waals surface area contributed by atoms with E-state index in [9.17, 15) is 22.8 Å². The molecule has 0 radical (unpaired) electrons. The standard InChI is InChI=1S/C44H55ClN6O9S/c1-11-24-21-44(24,40(54)49-61(56,57)25-15-16-25)48-38(52)30-20-34(31-22-50(41(55)60-43(7,8)9)37(42(4,5)6)39(53)51(30)31)59-33-19-29(28-14-12-13-27(46-28)23(2)3)47-36-26(33)17-18-32(58-10)35(36)45/h11-14,17-19,23-25,30-31,34,37H,1,15-16,20-22H2,2-10H3,(H,48,52)(H,49,54)/t24-,30+,31-,34-,37+,44-/m1/s1. The number of amides is 4. The second-order valence-corrected chi connectivity index (χ2v) is 21.2. The van der Waals surface area contributed by atoms with Crippen molar-refractivity contribution in [3.8, 4) is 22.9 Å². The molecule has 3 aromatic rings. The summed E-state index contributed by atoms with van der Waals surface area (Å²) in [6.45, 7) is 18.5. The monoisotopic (exact) mass is 878 g/mol. The van der Waals surface area contributed by atoms with Gasteiger partial charge in [0.2, 0.25) is 21.8 Å². The molecule has 0 bridgehead atoms. The summed E-state index contributed by atoms with van der Waals surface area (Å²) >= 11 is 6.90. The number of nitrogens with one attached hydrogen (secondary N) is 2. The Kier molecular flexibility index (Phi) is 11.4. The maximum atomic E-state index is 15.0. The Balaban J connectivity index is 1.31. The Bertz CT molecular complexity index is 2410. The molecule has 4 aliphatic rings. The number of hydrogen-bond donors (Lipinski definition) is 2. The molecule has 7 rings (SSSR count). The van der Waals surface area contributed by atoms with Gasteiger partial charge in [0.25, 0.3) is 5.91 Å². The molecule has 2 aliphatic carbocycles. The SMILES string of the molecule is C=C[C@@H]1C[C@]1(NC(=O)[C@@H]1C[C@@H](Oc2cc(-c3cccc(C(C)C)n3)nc3c(Cl)c(OC)ccc23)[C@H]2CN(C(=O)OC(C)(C)C)[C@H](C(C)(C)C)C(=O)N21)C(=O)NS(=O)(=O)C1CC1. The molecule has 4 heterocycles. The molecule has 2 aliphatic heterocycles. The third kappa shape index (κ3) is 8.49. The third-order valence-corrected chi connectivity index (χ3v) is 13.9. The van der Waals surface area contributed by atoms with E-state index in [4.69, 9.17) is 35.8 Å². The molecule has 2 saturated heterocycles. The van der Waals surface area contributed by atoms with Gasteiger partial charge in [-0.15, -0.1) is 6.58 Å². The van der Waals surface area contributed by atoms with Gasteiger partial charge in [-0.05, 0) is 75.6 Å². The Morgan fingerprint density at radius 1 is 1.03 bits per heavy atom. The smallest absolute Gasteiger partial charge is 0.411 e. The minimum Gasteiger partial charge on any atom is -0.495 e. The summed E-state index contributed by atoms with van der Waals surface area (Å²) in [6, 6.07) is 7.72. The van der Waals surface area contributed by atoms with Gasteiger partial charge >= 0.3 is 6.09 Å². The summed E-state index contributed by atoms with van der Waals surface area (Å²) in [4.78, 5) is 70.1. The van der Waals surface area contributed by atoms with E-state index < -0.39 is 85.8 Å². The first-order chi connectivity index (χ1) is 28.5. The normalized spacial score (nSPS) is 25.2. The van der Waals surface area contributed by atoms with Gasteiger partial charge in [0.1, 0.15) is 45.8 Å². The summed E-state index contributed by atoms with van der Waals surface area (Å²) in [5.74, 6) is -1.74. The minimum absolute atomic E-state index is 0.0534. The average Bonchev–Trinajstić information content (AvgIpc) is 4.11. The number of ether oxygens (including phenoxy) is 3. The van der Waals surface area contributed by atoms with Crippen LogP contribution in [0, 0.1) is 11.3 Å². The van der Waals surface area contributed by atoms with E-state index in [1.807, 2.05) is 52.8 Å². The largest absolute Gasteiger partial charge is 0.495 e. The molecule has 2 saturated carbocycles. The maximum absolute atomic E-state index is 15.0. The number of carbonyl (C=O) groups is 4. The molecule has 328 valence electrons. The number of methoxy groups -OCH3 is 1. The van der Waals surface area contributed by atoms with Crippen LogP contribution >= 0.6 is 11.6 Å². The van der Waals surface area contributed by atoms with Crippen molar-refractivity contribution in [3.63, 3.8) is 0 Å². The van der Waals surface area contributed by atoms with Gasteiger partial charge in [-0.1, -0.05) is 58.4 Å². The number of pyridine rings is 2. The molecule has 61 heavy (non-hydrogen) atoms. The predicted molar refractivity (Wildman–Crippen MR) is 230 cm³/mol. The molecule has 2 aromatic heterocycles. The van der Waals surface area contributed by atoms with Crippen LogP contribution in [0.4, 0.5) is 4.79 Å². The van der Waals surface area contributed by atoms with E-state index in [0.717, 1.165) is 5.69 Å². The molecule has 4 amide bonds. The quantitative estimate of drug-likeness (QED) is 0.211. The lowest BCUT2D eigenvalue weighted by Crippen LogP contribution is -2.69. The van der Waals surface area contributed by atoms with Gasteiger partial charge in [-0.3, -0.25) is 29.0 Å². The zero-order valence-electron chi connectivity index (χ0n) is 36.1. The zero-order valence-corrected chi connectivity index (χ0v) is 37.6. The fourth-order valence-corrected chi connectivity index (χ4v) is 10.0. The van der Waals surface area contributed by atoms with Crippen molar-refractivity contribution in [1.82, 2.24) is 29.8 Å². The van der Waals surface area contributed by atoms with Crippen LogP contribution < -0.4 is 19.5 Å². The number of nitrogens with zero attached hydrogens (tertiary/aromatic N) is 4. The second kappa shape index (κ2) is 15.7. The van der Waals surface area contributed by atoms with Crippen molar-refractivity contribution in [2.75, 3.05) is 13.7 Å². The first-order valence-corrected chi connectivity index (χ1v) is 22.6. The number of sulfonamides is 1. The van der Waals surface area contributed by atoms with Crippen LogP contribution in [0.1, 0.15) is 92.7 Å². The number of fused-ring (bicyclic) bond motifs is 2. The first kappa shape index (κ1) is 44.1. The number of rotatable bonds is 11. The van der Waals surface area contributed by atoms with Crippen molar-refractivity contribution in [2.24, 2.45) is 11.3 Å². The van der Waals surface area contributed by atoms with E-state index in [-0.39, 0.29) is 30.3 Å². The van der Waals surface area contributed by atoms with Gasteiger partial charge in [0.15, 0.2) is 0 Å². The van der Waals surface area contributed by atoms with Gasteiger partial charge in [-0.2, -0.15) is 0 Å². The third-order valence-electron chi connectivity index (χ3n) is 11.7. The van der Waals surface area contributed by atoms with Gasteiger partial charge in [-0.25, -0.2) is 18.2 Å². The lowest BCUT2D eigenvalue weighted by Gasteiger charge is -2.49. The molecule has 2 N–H and O–H groups in total. The van der Waals surface area contributed by atoms with Crippen molar-refractivity contribution in [1.29, 1.82) is 0 Å². The molecular weight excluding hydrogens is 824 g/mol. The van der Waals surface area contributed by atoms with E-state index in [2.05, 4.69) is 16.6 Å². The Labute approximate surface area is 362 Å².